The van der Waals surface area contributed by atoms with Crippen molar-refractivity contribution >= 4 is 16.9 Å². The summed E-state index contributed by atoms with van der Waals surface area (Å²) in [6.07, 6.45) is 2.68. The molecule has 0 spiro atoms. The number of carbonyl (C=O) groups excluding carboxylic acids is 1. The smallest absolute Gasteiger partial charge is 0.408 e. The van der Waals surface area contributed by atoms with Gasteiger partial charge in [0, 0.05) is 56.9 Å². The zero-order valence-corrected chi connectivity index (χ0v) is 26.0. The standard InChI is InChI=1S/C36H42FN5O3/c1-2-32(27-10-4-3-5-11-27)38-36(44)45-34-30-12-6-7-13-31(30)35(43)42(29-16-14-28(37)15-17-29)33(34)26-41-24-22-40(23-25-41)21-20-39-18-8-9-19-39/h3-7,10-17,32H,2,8-9,18-26H2,1H3,(H,38,44)/t32-/m0/s1. The SMILES string of the molecule is CC[C@H](NC(=O)Oc1c(CN2CCN(CCN3CCCC3)CC2)n(-c2ccc(F)cc2)c(=O)c2ccccc12)c1ccccc1. The highest BCUT2D eigenvalue weighted by Crippen LogP contribution is 2.31. The van der Waals surface area contributed by atoms with Gasteiger partial charge in [-0.1, -0.05) is 55.5 Å². The number of hydrogen-bond acceptors (Lipinski definition) is 6. The zero-order chi connectivity index (χ0) is 31.2. The molecule has 1 N–H and O–H groups in total. The van der Waals surface area contributed by atoms with Crippen molar-refractivity contribution in [3.63, 3.8) is 0 Å². The molecule has 4 aromatic rings. The van der Waals surface area contributed by atoms with Gasteiger partial charge in [0.25, 0.3) is 5.56 Å². The topological polar surface area (TPSA) is 70.1 Å². The third kappa shape index (κ3) is 7.27. The van der Waals surface area contributed by atoms with E-state index in [1.807, 2.05) is 49.4 Å². The highest BCUT2D eigenvalue weighted by Gasteiger charge is 2.26. The number of carbonyl (C=O) groups is 1. The minimum atomic E-state index is -0.590. The van der Waals surface area contributed by atoms with Crippen LogP contribution in [0.1, 0.15) is 43.5 Å². The van der Waals surface area contributed by atoms with E-state index in [1.54, 1.807) is 28.8 Å². The molecule has 3 aromatic carbocycles. The number of pyridine rings is 1. The Bertz CT molecular complexity index is 1650. The van der Waals surface area contributed by atoms with E-state index in [9.17, 15) is 14.0 Å². The van der Waals surface area contributed by atoms with Crippen molar-refractivity contribution in [3.05, 3.63) is 106 Å². The third-order valence-electron chi connectivity index (χ3n) is 9.09. The summed E-state index contributed by atoms with van der Waals surface area (Å²) in [4.78, 5) is 35.0. The largest absolute Gasteiger partial charge is 0.413 e. The van der Waals surface area contributed by atoms with E-state index in [0.717, 1.165) is 44.8 Å². The first kappa shape index (κ1) is 31.0. The first-order chi connectivity index (χ1) is 22.0. The van der Waals surface area contributed by atoms with E-state index < -0.39 is 6.09 Å². The van der Waals surface area contributed by atoms with E-state index in [4.69, 9.17) is 4.74 Å². The number of aromatic nitrogens is 1. The molecule has 0 aliphatic carbocycles. The molecular formula is C36H42FN5O3. The first-order valence-electron chi connectivity index (χ1n) is 16.1. The summed E-state index contributed by atoms with van der Waals surface area (Å²) in [7, 11) is 0. The molecule has 6 rings (SSSR count). The third-order valence-corrected chi connectivity index (χ3v) is 9.09. The van der Waals surface area contributed by atoms with Crippen molar-refractivity contribution in [3.8, 4) is 11.4 Å². The number of ether oxygens (including phenoxy) is 1. The molecule has 45 heavy (non-hydrogen) atoms. The Kier molecular flexibility index (Phi) is 9.88. The number of nitrogens with one attached hydrogen (secondary N) is 1. The number of piperazine rings is 1. The van der Waals surface area contributed by atoms with Crippen LogP contribution in [0.2, 0.25) is 0 Å². The van der Waals surface area contributed by atoms with E-state index in [-0.39, 0.29) is 17.4 Å². The summed E-state index contributed by atoms with van der Waals surface area (Å²) in [5.74, 6) is -0.0482. The van der Waals surface area contributed by atoms with Crippen LogP contribution in [0.3, 0.4) is 0 Å². The molecule has 0 bridgehead atoms. The maximum atomic E-state index is 14.1. The van der Waals surface area contributed by atoms with E-state index in [2.05, 4.69) is 20.0 Å². The van der Waals surface area contributed by atoms with Gasteiger partial charge in [-0.25, -0.2) is 9.18 Å². The van der Waals surface area contributed by atoms with Crippen molar-refractivity contribution in [2.75, 3.05) is 52.4 Å². The Morgan fingerprint density at radius 1 is 0.800 bits per heavy atom. The van der Waals surface area contributed by atoms with Crippen LogP contribution in [-0.2, 0) is 6.54 Å². The molecule has 0 saturated carbocycles. The molecule has 2 saturated heterocycles. The molecule has 8 nitrogen and oxygen atoms in total. The molecule has 9 heteroatoms. The van der Waals surface area contributed by atoms with Crippen LogP contribution in [0, 0.1) is 5.82 Å². The maximum Gasteiger partial charge on any atom is 0.413 e. The second kappa shape index (κ2) is 14.4. The summed E-state index contributed by atoms with van der Waals surface area (Å²) in [6, 6.07) is 22.7. The summed E-state index contributed by atoms with van der Waals surface area (Å²) in [5, 5.41) is 4.03. The second-order valence-electron chi connectivity index (χ2n) is 12.0. The van der Waals surface area contributed by atoms with Gasteiger partial charge in [0.1, 0.15) is 5.82 Å². The van der Waals surface area contributed by atoms with Crippen LogP contribution < -0.4 is 15.6 Å². The molecule has 2 aliphatic heterocycles. The number of nitrogens with zero attached hydrogens (tertiary/aromatic N) is 4. The average Bonchev–Trinajstić information content (AvgIpc) is 3.60. The highest BCUT2D eigenvalue weighted by atomic mass is 19.1. The molecule has 1 aromatic heterocycles. The predicted molar refractivity (Wildman–Crippen MR) is 176 cm³/mol. The van der Waals surface area contributed by atoms with Crippen molar-refractivity contribution in [1.29, 1.82) is 0 Å². The maximum absolute atomic E-state index is 14.1. The molecule has 3 heterocycles. The van der Waals surface area contributed by atoms with Crippen molar-refractivity contribution < 1.29 is 13.9 Å². The lowest BCUT2D eigenvalue weighted by molar-refractivity contribution is 0.115. The number of benzene rings is 3. The van der Waals surface area contributed by atoms with Gasteiger partial charge in [-0.05, 0) is 68.2 Å². The van der Waals surface area contributed by atoms with Crippen LogP contribution in [-0.4, -0.2) is 77.7 Å². The van der Waals surface area contributed by atoms with E-state index in [0.29, 0.717) is 40.9 Å². The molecule has 0 unspecified atom stereocenters. The van der Waals surface area contributed by atoms with Crippen LogP contribution in [0.5, 0.6) is 5.75 Å². The van der Waals surface area contributed by atoms with Gasteiger partial charge in [0.05, 0.1) is 17.1 Å². The molecule has 2 aliphatic rings. The minimum absolute atomic E-state index is 0.231. The first-order valence-corrected chi connectivity index (χ1v) is 16.1. The molecule has 1 atom stereocenters. The normalized spacial score (nSPS) is 17.0. The molecule has 236 valence electrons. The van der Waals surface area contributed by atoms with Gasteiger partial charge in [-0.15, -0.1) is 0 Å². The van der Waals surface area contributed by atoms with Crippen molar-refractivity contribution in [1.82, 2.24) is 24.6 Å². The van der Waals surface area contributed by atoms with Gasteiger partial charge >= 0.3 is 6.09 Å². The Hall–Kier alpha value is -4.05. The number of amides is 1. The summed E-state index contributed by atoms with van der Waals surface area (Å²) in [6.45, 7) is 10.5. The van der Waals surface area contributed by atoms with Crippen LogP contribution in [0.4, 0.5) is 9.18 Å². The van der Waals surface area contributed by atoms with Crippen LogP contribution in [0.25, 0.3) is 16.5 Å². The average molecular weight is 612 g/mol. The van der Waals surface area contributed by atoms with E-state index in [1.165, 1.54) is 38.1 Å². The molecule has 1 amide bonds. The van der Waals surface area contributed by atoms with Crippen LogP contribution in [0.15, 0.2) is 83.7 Å². The molecular weight excluding hydrogens is 569 g/mol. The number of fused-ring (bicyclic) bond motifs is 1. The zero-order valence-electron chi connectivity index (χ0n) is 26.0. The Morgan fingerprint density at radius 2 is 1.40 bits per heavy atom. The van der Waals surface area contributed by atoms with Crippen LogP contribution >= 0.6 is 0 Å². The summed E-state index contributed by atoms with van der Waals surface area (Å²) in [5.41, 5.74) is 1.84. The second-order valence-corrected chi connectivity index (χ2v) is 12.0. The van der Waals surface area contributed by atoms with Gasteiger partial charge in [-0.3, -0.25) is 19.2 Å². The number of rotatable bonds is 10. The number of halogens is 1. The Labute approximate surface area is 264 Å². The molecule has 2 fully saturated rings. The Morgan fingerprint density at radius 3 is 2.07 bits per heavy atom. The minimum Gasteiger partial charge on any atom is -0.408 e. The fourth-order valence-corrected chi connectivity index (χ4v) is 6.53. The number of hydrogen-bond donors (Lipinski definition) is 1. The quantitative estimate of drug-likeness (QED) is 0.253. The van der Waals surface area contributed by atoms with Gasteiger partial charge in [0.15, 0.2) is 5.75 Å². The van der Waals surface area contributed by atoms with Crippen molar-refractivity contribution in [2.45, 2.75) is 38.8 Å². The van der Waals surface area contributed by atoms with Gasteiger partial charge < -0.3 is 15.0 Å². The lowest BCUT2D eigenvalue weighted by atomic mass is 10.1. The summed E-state index contributed by atoms with van der Waals surface area (Å²) >= 11 is 0. The molecule has 0 radical (unpaired) electrons. The monoisotopic (exact) mass is 611 g/mol. The fourth-order valence-electron chi connectivity index (χ4n) is 6.53. The predicted octanol–water partition coefficient (Wildman–Crippen LogP) is 5.58. The Balaban J connectivity index is 1.32. The van der Waals surface area contributed by atoms with Crippen molar-refractivity contribution in [2.24, 2.45) is 0 Å². The lowest BCUT2D eigenvalue weighted by Crippen LogP contribution is -2.48. The van der Waals surface area contributed by atoms with E-state index >= 15 is 0 Å². The number of likely N-dealkylation sites (tertiary alicyclic amines) is 1. The van der Waals surface area contributed by atoms with Gasteiger partial charge in [0.2, 0.25) is 0 Å². The highest BCUT2D eigenvalue weighted by molar-refractivity contribution is 5.91. The summed E-state index contributed by atoms with van der Waals surface area (Å²) < 4.78 is 21.8. The van der Waals surface area contributed by atoms with Gasteiger partial charge in [-0.2, -0.15) is 0 Å². The lowest BCUT2D eigenvalue weighted by Gasteiger charge is -2.36. The fraction of sp³-hybridized carbons (Fsp3) is 0.389.